The van der Waals surface area contributed by atoms with Crippen molar-refractivity contribution in [2.75, 3.05) is 5.73 Å². The van der Waals surface area contributed by atoms with Gasteiger partial charge in [0.05, 0.1) is 0 Å². The van der Waals surface area contributed by atoms with E-state index < -0.39 is 0 Å². The van der Waals surface area contributed by atoms with E-state index in [1.807, 2.05) is 12.1 Å². The molecule has 0 unspecified atom stereocenters. The minimum Gasteiger partial charge on any atom is -0.399 e. The third kappa shape index (κ3) is 1.42. The number of anilines is 1. The SMILES string of the molecule is CCc1ccc(N)cc1Cl. The first-order valence-corrected chi connectivity index (χ1v) is 3.65. The monoisotopic (exact) mass is 155 g/mol. The lowest BCUT2D eigenvalue weighted by atomic mass is 10.1. The van der Waals surface area contributed by atoms with Crippen LogP contribution in [0.4, 0.5) is 5.69 Å². The highest BCUT2D eigenvalue weighted by atomic mass is 35.5. The molecule has 10 heavy (non-hydrogen) atoms. The van der Waals surface area contributed by atoms with Crippen molar-refractivity contribution in [2.45, 2.75) is 13.3 Å². The van der Waals surface area contributed by atoms with Crippen LogP contribution in [0, 0.1) is 0 Å². The van der Waals surface area contributed by atoms with Crippen LogP contribution in [-0.4, -0.2) is 0 Å². The zero-order chi connectivity index (χ0) is 7.56. The molecule has 0 amide bonds. The van der Waals surface area contributed by atoms with Crippen molar-refractivity contribution in [3.05, 3.63) is 28.8 Å². The number of aryl methyl sites for hydroxylation is 1. The van der Waals surface area contributed by atoms with Gasteiger partial charge in [-0.2, -0.15) is 0 Å². The third-order valence-corrected chi connectivity index (χ3v) is 1.81. The van der Waals surface area contributed by atoms with Crippen molar-refractivity contribution < 1.29 is 0 Å². The maximum atomic E-state index is 5.85. The van der Waals surface area contributed by atoms with Gasteiger partial charge in [-0.15, -0.1) is 0 Å². The zero-order valence-electron chi connectivity index (χ0n) is 5.89. The summed E-state index contributed by atoms with van der Waals surface area (Å²) in [5.74, 6) is 0. The normalized spacial score (nSPS) is 9.80. The van der Waals surface area contributed by atoms with Gasteiger partial charge in [0.25, 0.3) is 0 Å². The van der Waals surface area contributed by atoms with Crippen LogP contribution in [0.1, 0.15) is 12.5 Å². The Labute approximate surface area is 65.8 Å². The number of benzene rings is 1. The number of rotatable bonds is 1. The third-order valence-electron chi connectivity index (χ3n) is 1.46. The lowest BCUT2D eigenvalue weighted by Gasteiger charge is -2.00. The Hall–Kier alpha value is -0.690. The second-order valence-electron chi connectivity index (χ2n) is 2.20. The van der Waals surface area contributed by atoms with Crippen molar-refractivity contribution in [3.8, 4) is 0 Å². The Balaban J connectivity index is 3.07. The first-order chi connectivity index (χ1) is 4.74. The van der Waals surface area contributed by atoms with Crippen LogP contribution in [-0.2, 0) is 6.42 Å². The van der Waals surface area contributed by atoms with Gasteiger partial charge in [-0.05, 0) is 24.1 Å². The minimum atomic E-state index is 0.724. The Kier molecular flexibility index (Phi) is 2.17. The first kappa shape index (κ1) is 7.42. The van der Waals surface area contributed by atoms with Gasteiger partial charge in [-0.25, -0.2) is 0 Å². The molecule has 0 saturated carbocycles. The predicted molar refractivity (Wildman–Crippen MR) is 45.2 cm³/mol. The highest BCUT2D eigenvalue weighted by Crippen LogP contribution is 2.18. The summed E-state index contributed by atoms with van der Waals surface area (Å²) in [7, 11) is 0. The fraction of sp³-hybridized carbons (Fsp3) is 0.250. The van der Waals surface area contributed by atoms with Crippen LogP contribution in [0.3, 0.4) is 0 Å². The summed E-state index contributed by atoms with van der Waals surface area (Å²) in [6.07, 6.45) is 0.957. The second kappa shape index (κ2) is 2.93. The molecule has 0 aliphatic rings. The Morgan fingerprint density at radius 1 is 1.50 bits per heavy atom. The van der Waals surface area contributed by atoms with Crippen LogP contribution in [0.15, 0.2) is 18.2 Å². The summed E-state index contributed by atoms with van der Waals surface area (Å²) in [6.45, 7) is 2.07. The maximum Gasteiger partial charge on any atom is 0.0458 e. The molecule has 0 aliphatic carbocycles. The molecule has 54 valence electrons. The molecule has 1 aromatic carbocycles. The number of nitrogens with two attached hydrogens (primary N) is 1. The van der Waals surface area contributed by atoms with Gasteiger partial charge in [0, 0.05) is 10.7 Å². The average molecular weight is 156 g/mol. The molecule has 0 aromatic heterocycles. The van der Waals surface area contributed by atoms with E-state index in [0.717, 1.165) is 22.7 Å². The summed E-state index contributed by atoms with van der Waals surface area (Å²) in [4.78, 5) is 0. The highest BCUT2D eigenvalue weighted by Gasteiger charge is 1.95. The van der Waals surface area contributed by atoms with E-state index in [9.17, 15) is 0 Å². The topological polar surface area (TPSA) is 26.0 Å². The van der Waals surface area contributed by atoms with Crippen LogP contribution in [0.2, 0.25) is 5.02 Å². The van der Waals surface area contributed by atoms with E-state index in [4.69, 9.17) is 17.3 Å². The van der Waals surface area contributed by atoms with E-state index in [-0.39, 0.29) is 0 Å². The molecule has 0 radical (unpaired) electrons. The molecule has 0 fully saturated rings. The molecule has 0 atom stereocenters. The van der Waals surface area contributed by atoms with Gasteiger partial charge in [0.1, 0.15) is 0 Å². The van der Waals surface area contributed by atoms with Crippen molar-refractivity contribution in [1.82, 2.24) is 0 Å². The molecule has 0 bridgehead atoms. The van der Waals surface area contributed by atoms with Gasteiger partial charge < -0.3 is 5.73 Å². The van der Waals surface area contributed by atoms with Crippen LogP contribution in [0.25, 0.3) is 0 Å². The molecular weight excluding hydrogens is 146 g/mol. The van der Waals surface area contributed by atoms with Gasteiger partial charge in [-0.1, -0.05) is 24.6 Å². The number of hydrogen-bond acceptors (Lipinski definition) is 1. The zero-order valence-corrected chi connectivity index (χ0v) is 6.65. The van der Waals surface area contributed by atoms with Crippen LogP contribution in [0.5, 0.6) is 0 Å². The molecule has 1 nitrogen and oxygen atoms in total. The second-order valence-corrected chi connectivity index (χ2v) is 2.61. The lowest BCUT2D eigenvalue weighted by molar-refractivity contribution is 1.14. The molecule has 2 N–H and O–H groups in total. The number of hydrogen-bond donors (Lipinski definition) is 1. The summed E-state index contributed by atoms with van der Waals surface area (Å²) < 4.78 is 0. The smallest absolute Gasteiger partial charge is 0.0458 e. The van der Waals surface area contributed by atoms with E-state index in [0.29, 0.717) is 0 Å². The molecule has 2 heteroatoms. The van der Waals surface area contributed by atoms with Crippen molar-refractivity contribution in [2.24, 2.45) is 0 Å². The van der Waals surface area contributed by atoms with Crippen LogP contribution >= 0.6 is 11.6 Å². The van der Waals surface area contributed by atoms with Crippen molar-refractivity contribution in [1.29, 1.82) is 0 Å². The van der Waals surface area contributed by atoms with Crippen molar-refractivity contribution in [3.63, 3.8) is 0 Å². The predicted octanol–water partition coefficient (Wildman–Crippen LogP) is 2.48. The van der Waals surface area contributed by atoms with Gasteiger partial charge in [-0.3, -0.25) is 0 Å². The molecule has 0 heterocycles. The molecule has 0 spiro atoms. The standard InChI is InChI=1S/C8H10ClN/c1-2-6-3-4-7(10)5-8(6)9/h3-5H,2,10H2,1H3. The lowest BCUT2D eigenvalue weighted by Crippen LogP contribution is -1.86. The molecule has 0 aliphatic heterocycles. The molecular formula is C8H10ClN. The van der Waals surface area contributed by atoms with Gasteiger partial charge in [0.2, 0.25) is 0 Å². The summed E-state index contributed by atoms with van der Waals surface area (Å²) in [5.41, 5.74) is 7.37. The minimum absolute atomic E-state index is 0.724. The van der Waals surface area contributed by atoms with E-state index in [1.54, 1.807) is 6.07 Å². The Bertz CT molecular complexity index is 233. The fourth-order valence-corrected chi connectivity index (χ4v) is 1.17. The van der Waals surface area contributed by atoms with E-state index >= 15 is 0 Å². The average Bonchev–Trinajstić information content (AvgIpc) is 1.88. The largest absolute Gasteiger partial charge is 0.399 e. The maximum absolute atomic E-state index is 5.85. The van der Waals surface area contributed by atoms with Crippen LogP contribution < -0.4 is 5.73 Å². The Morgan fingerprint density at radius 3 is 2.70 bits per heavy atom. The molecule has 0 saturated heterocycles. The summed E-state index contributed by atoms with van der Waals surface area (Å²) in [5, 5.41) is 0.766. The van der Waals surface area contributed by atoms with Gasteiger partial charge >= 0.3 is 0 Å². The highest BCUT2D eigenvalue weighted by molar-refractivity contribution is 6.31. The number of nitrogen functional groups attached to an aromatic ring is 1. The summed E-state index contributed by atoms with van der Waals surface area (Å²) in [6, 6.07) is 5.60. The fourth-order valence-electron chi connectivity index (χ4n) is 0.850. The summed E-state index contributed by atoms with van der Waals surface area (Å²) >= 11 is 5.85. The van der Waals surface area contributed by atoms with Gasteiger partial charge in [0.15, 0.2) is 0 Å². The van der Waals surface area contributed by atoms with Crippen molar-refractivity contribution >= 4 is 17.3 Å². The van der Waals surface area contributed by atoms with E-state index in [2.05, 4.69) is 6.92 Å². The number of halogens is 1. The Morgan fingerprint density at radius 2 is 2.20 bits per heavy atom. The first-order valence-electron chi connectivity index (χ1n) is 3.28. The molecule has 1 aromatic rings. The van der Waals surface area contributed by atoms with E-state index in [1.165, 1.54) is 0 Å². The molecule has 1 rings (SSSR count). The quantitative estimate of drug-likeness (QED) is 0.620.